The number of rotatable bonds is 9. The van der Waals surface area contributed by atoms with Gasteiger partial charge >= 0.3 is 0 Å². The zero-order chi connectivity index (χ0) is 18.1. The van der Waals surface area contributed by atoms with E-state index in [1.807, 2.05) is 13.8 Å². The van der Waals surface area contributed by atoms with Crippen LogP contribution in [0, 0.1) is 5.92 Å². The zero-order valence-corrected chi connectivity index (χ0v) is 16.8. The van der Waals surface area contributed by atoms with Crippen LogP contribution in [-0.4, -0.2) is 49.2 Å². The van der Waals surface area contributed by atoms with Crippen molar-refractivity contribution >= 4 is 18.3 Å². The molecule has 0 saturated carbocycles. The molecule has 1 aliphatic heterocycles. The second kappa shape index (κ2) is 12.3. The SMILES string of the molecule is CC(C)[C@H](N)C(=O)NCCCOC1CCN(Cc2ccccc2)CC1.Cl. The summed E-state index contributed by atoms with van der Waals surface area (Å²) >= 11 is 0. The van der Waals surface area contributed by atoms with Crippen LogP contribution in [0.3, 0.4) is 0 Å². The molecule has 1 aliphatic rings. The number of halogens is 1. The van der Waals surface area contributed by atoms with Gasteiger partial charge in [0.05, 0.1) is 12.1 Å². The number of nitrogens with zero attached hydrogens (tertiary/aromatic N) is 1. The van der Waals surface area contributed by atoms with Gasteiger partial charge in [0.25, 0.3) is 0 Å². The number of hydrogen-bond donors (Lipinski definition) is 2. The summed E-state index contributed by atoms with van der Waals surface area (Å²) in [4.78, 5) is 14.2. The number of benzene rings is 1. The van der Waals surface area contributed by atoms with Crippen LogP contribution in [0.1, 0.15) is 38.7 Å². The molecular formula is C20H34ClN3O2. The van der Waals surface area contributed by atoms with Crippen molar-refractivity contribution in [1.29, 1.82) is 0 Å². The Hall–Kier alpha value is -1.14. The normalized spacial score (nSPS) is 16.9. The lowest BCUT2D eigenvalue weighted by Gasteiger charge is -2.32. The minimum atomic E-state index is -0.421. The summed E-state index contributed by atoms with van der Waals surface area (Å²) in [5, 5.41) is 2.88. The molecule has 0 unspecified atom stereocenters. The highest BCUT2D eigenvalue weighted by Crippen LogP contribution is 2.16. The van der Waals surface area contributed by atoms with Gasteiger partial charge in [0, 0.05) is 32.8 Å². The highest BCUT2D eigenvalue weighted by Gasteiger charge is 2.20. The van der Waals surface area contributed by atoms with Crippen LogP contribution >= 0.6 is 12.4 Å². The monoisotopic (exact) mass is 383 g/mol. The van der Waals surface area contributed by atoms with Crippen molar-refractivity contribution in [1.82, 2.24) is 10.2 Å². The van der Waals surface area contributed by atoms with Gasteiger partial charge < -0.3 is 15.8 Å². The Labute approximate surface area is 164 Å². The Morgan fingerprint density at radius 2 is 1.92 bits per heavy atom. The average molecular weight is 384 g/mol. The van der Waals surface area contributed by atoms with Crippen LogP contribution < -0.4 is 11.1 Å². The standard InChI is InChI=1S/C20H33N3O2.ClH/c1-16(2)19(21)20(24)22-11-6-14-25-18-9-12-23(13-10-18)15-17-7-4-3-5-8-17;/h3-5,7-8,16,18-19H,6,9-15,21H2,1-2H3,(H,22,24);1H/t19-;/m0./s1. The fourth-order valence-corrected chi connectivity index (χ4v) is 3.03. The zero-order valence-electron chi connectivity index (χ0n) is 16.0. The first-order valence-corrected chi connectivity index (χ1v) is 9.47. The Morgan fingerprint density at radius 1 is 1.27 bits per heavy atom. The van der Waals surface area contributed by atoms with Gasteiger partial charge in [0.2, 0.25) is 5.91 Å². The van der Waals surface area contributed by atoms with Crippen LogP contribution in [0.15, 0.2) is 30.3 Å². The van der Waals surface area contributed by atoms with Crippen molar-refractivity contribution in [2.75, 3.05) is 26.2 Å². The number of likely N-dealkylation sites (tertiary alicyclic amines) is 1. The summed E-state index contributed by atoms with van der Waals surface area (Å²) in [7, 11) is 0. The van der Waals surface area contributed by atoms with Crippen LogP contribution in [0.4, 0.5) is 0 Å². The molecular weight excluding hydrogens is 350 g/mol. The van der Waals surface area contributed by atoms with Gasteiger partial charge in [0.1, 0.15) is 0 Å². The van der Waals surface area contributed by atoms with E-state index in [1.165, 1.54) is 5.56 Å². The van der Waals surface area contributed by atoms with E-state index in [-0.39, 0.29) is 24.2 Å². The third-order valence-electron chi connectivity index (χ3n) is 4.78. The molecule has 1 aromatic rings. The van der Waals surface area contributed by atoms with E-state index in [1.54, 1.807) is 0 Å². The van der Waals surface area contributed by atoms with E-state index in [9.17, 15) is 4.79 Å². The molecule has 1 saturated heterocycles. The molecule has 1 atom stereocenters. The lowest BCUT2D eigenvalue weighted by atomic mass is 10.1. The first-order valence-electron chi connectivity index (χ1n) is 9.47. The van der Waals surface area contributed by atoms with Crippen LogP contribution in [0.25, 0.3) is 0 Å². The number of piperidine rings is 1. The molecule has 1 heterocycles. The minimum Gasteiger partial charge on any atom is -0.378 e. The molecule has 0 spiro atoms. The quantitative estimate of drug-likeness (QED) is 0.643. The molecule has 148 valence electrons. The highest BCUT2D eigenvalue weighted by molar-refractivity contribution is 5.85. The number of carbonyl (C=O) groups is 1. The summed E-state index contributed by atoms with van der Waals surface area (Å²) in [5.74, 6) is 0.0986. The predicted molar refractivity (Wildman–Crippen MR) is 108 cm³/mol. The molecule has 5 nitrogen and oxygen atoms in total. The third kappa shape index (κ3) is 8.04. The molecule has 0 bridgehead atoms. The van der Waals surface area contributed by atoms with Gasteiger partial charge in [-0.15, -0.1) is 12.4 Å². The molecule has 6 heteroatoms. The fourth-order valence-electron chi connectivity index (χ4n) is 3.03. The Morgan fingerprint density at radius 3 is 2.54 bits per heavy atom. The summed E-state index contributed by atoms with van der Waals surface area (Å²) < 4.78 is 5.96. The summed E-state index contributed by atoms with van der Waals surface area (Å²) in [5.41, 5.74) is 7.18. The van der Waals surface area contributed by atoms with Crippen molar-refractivity contribution in [2.24, 2.45) is 11.7 Å². The van der Waals surface area contributed by atoms with Gasteiger partial charge in [-0.1, -0.05) is 44.2 Å². The number of amides is 1. The molecule has 0 aromatic heterocycles. The third-order valence-corrected chi connectivity index (χ3v) is 4.78. The second-order valence-electron chi connectivity index (χ2n) is 7.25. The second-order valence-corrected chi connectivity index (χ2v) is 7.25. The summed E-state index contributed by atoms with van der Waals surface area (Å²) in [6.45, 7) is 8.43. The van der Waals surface area contributed by atoms with Crippen LogP contribution in [0.2, 0.25) is 0 Å². The van der Waals surface area contributed by atoms with E-state index in [2.05, 4.69) is 40.5 Å². The highest BCUT2D eigenvalue weighted by atomic mass is 35.5. The molecule has 0 aliphatic carbocycles. The Kier molecular flexibility index (Phi) is 10.8. The van der Waals surface area contributed by atoms with E-state index in [0.29, 0.717) is 19.3 Å². The molecule has 3 N–H and O–H groups in total. The topological polar surface area (TPSA) is 67.6 Å². The van der Waals surface area contributed by atoms with Gasteiger partial charge in [-0.05, 0) is 30.7 Å². The first kappa shape index (κ1) is 22.9. The van der Waals surface area contributed by atoms with Crippen molar-refractivity contribution < 1.29 is 9.53 Å². The molecule has 1 aromatic carbocycles. The number of hydrogen-bond acceptors (Lipinski definition) is 4. The van der Waals surface area contributed by atoms with E-state index in [4.69, 9.17) is 10.5 Å². The largest absolute Gasteiger partial charge is 0.378 e. The lowest BCUT2D eigenvalue weighted by Crippen LogP contribution is -2.44. The van der Waals surface area contributed by atoms with Gasteiger partial charge in [0.15, 0.2) is 0 Å². The molecule has 1 fully saturated rings. The van der Waals surface area contributed by atoms with E-state index in [0.717, 1.165) is 38.9 Å². The Balaban J connectivity index is 0.00000338. The average Bonchev–Trinajstić information content (AvgIpc) is 2.62. The van der Waals surface area contributed by atoms with Gasteiger partial charge in [-0.2, -0.15) is 0 Å². The number of nitrogens with one attached hydrogen (secondary N) is 1. The van der Waals surface area contributed by atoms with Crippen molar-refractivity contribution in [3.8, 4) is 0 Å². The lowest BCUT2D eigenvalue weighted by molar-refractivity contribution is -0.123. The smallest absolute Gasteiger partial charge is 0.237 e. The van der Waals surface area contributed by atoms with Crippen molar-refractivity contribution in [3.05, 3.63) is 35.9 Å². The minimum absolute atomic E-state index is 0. The van der Waals surface area contributed by atoms with E-state index < -0.39 is 6.04 Å². The maximum atomic E-state index is 11.8. The number of nitrogens with two attached hydrogens (primary N) is 1. The molecule has 26 heavy (non-hydrogen) atoms. The molecule has 2 rings (SSSR count). The van der Waals surface area contributed by atoms with Gasteiger partial charge in [-0.3, -0.25) is 9.69 Å². The molecule has 1 amide bonds. The maximum absolute atomic E-state index is 11.8. The summed E-state index contributed by atoms with van der Waals surface area (Å²) in [6, 6.07) is 10.2. The van der Waals surface area contributed by atoms with Crippen LogP contribution in [0.5, 0.6) is 0 Å². The predicted octanol–water partition coefficient (Wildman–Crippen LogP) is 2.58. The van der Waals surface area contributed by atoms with Crippen LogP contribution in [-0.2, 0) is 16.1 Å². The van der Waals surface area contributed by atoms with E-state index >= 15 is 0 Å². The van der Waals surface area contributed by atoms with Crippen molar-refractivity contribution in [2.45, 2.75) is 51.8 Å². The number of ether oxygens (including phenoxy) is 1. The Bertz CT molecular complexity index is 505. The summed E-state index contributed by atoms with van der Waals surface area (Å²) in [6.07, 6.45) is 3.34. The molecule has 0 radical (unpaired) electrons. The maximum Gasteiger partial charge on any atom is 0.237 e. The first-order chi connectivity index (χ1) is 12.1. The number of carbonyl (C=O) groups excluding carboxylic acids is 1. The van der Waals surface area contributed by atoms with Crippen molar-refractivity contribution in [3.63, 3.8) is 0 Å². The van der Waals surface area contributed by atoms with Gasteiger partial charge in [-0.25, -0.2) is 0 Å². The fraction of sp³-hybridized carbons (Fsp3) is 0.650.